The Morgan fingerprint density at radius 3 is 2.14 bits per heavy atom. The Morgan fingerprint density at radius 1 is 0.897 bits per heavy atom. The zero-order chi connectivity index (χ0) is 21.7. The molecule has 1 aromatic rings. The lowest BCUT2D eigenvalue weighted by Crippen LogP contribution is -2.39. The van der Waals surface area contributed by atoms with E-state index < -0.39 is 17.8 Å². The molecule has 29 heavy (non-hydrogen) atoms. The minimum atomic E-state index is -0.618. The van der Waals surface area contributed by atoms with E-state index >= 15 is 0 Å². The van der Waals surface area contributed by atoms with Gasteiger partial charge in [-0.15, -0.1) is 0 Å². The summed E-state index contributed by atoms with van der Waals surface area (Å²) < 4.78 is 10.4. The average molecular weight is 408 g/mol. The third-order valence-corrected chi connectivity index (χ3v) is 3.79. The van der Waals surface area contributed by atoms with Crippen molar-refractivity contribution in [3.8, 4) is 0 Å². The first kappa shape index (κ1) is 24.3. The van der Waals surface area contributed by atoms with Crippen molar-refractivity contribution in [1.29, 1.82) is 0 Å². The minimum absolute atomic E-state index is 0.123. The van der Waals surface area contributed by atoms with Crippen LogP contribution in [0.4, 0.5) is 9.59 Å². The van der Waals surface area contributed by atoms with E-state index in [9.17, 15) is 14.4 Å². The molecule has 0 heterocycles. The van der Waals surface area contributed by atoms with Crippen LogP contribution in [0.3, 0.4) is 0 Å². The van der Waals surface area contributed by atoms with Crippen LogP contribution in [0.25, 0.3) is 0 Å². The summed E-state index contributed by atoms with van der Waals surface area (Å²) in [5.74, 6) is -0.271. The standard InChI is InChI=1S/C21H33N3O5/c1-16(17-11-7-5-8-12-17)28-19(26)23-14-10-6-9-13-22-18(25)15-24-20(27)29-21(2,3)4/h5,7-8,11-12,16H,6,9-10,13-15H2,1-4H3,(H,22,25)(H,23,26)(H,24,27)/t16-/m0/s1. The van der Waals surface area contributed by atoms with Gasteiger partial charge >= 0.3 is 12.2 Å². The summed E-state index contributed by atoms with van der Waals surface area (Å²) >= 11 is 0. The van der Waals surface area contributed by atoms with E-state index in [0.717, 1.165) is 24.8 Å². The molecule has 0 spiro atoms. The molecule has 0 radical (unpaired) electrons. The largest absolute Gasteiger partial charge is 0.444 e. The van der Waals surface area contributed by atoms with Crippen molar-refractivity contribution in [2.75, 3.05) is 19.6 Å². The van der Waals surface area contributed by atoms with E-state index in [1.54, 1.807) is 20.8 Å². The second kappa shape index (κ2) is 12.6. The third-order valence-electron chi connectivity index (χ3n) is 3.79. The molecule has 1 aromatic carbocycles. The van der Waals surface area contributed by atoms with Gasteiger partial charge < -0.3 is 25.4 Å². The predicted molar refractivity (Wildman–Crippen MR) is 110 cm³/mol. The zero-order valence-corrected chi connectivity index (χ0v) is 17.7. The number of amides is 3. The highest BCUT2D eigenvalue weighted by Gasteiger charge is 2.16. The van der Waals surface area contributed by atoms with Gasteiger partial charge in [0, 0.05) is 13.1 Å². The number of nitrogens with one attached hydrogen (secondary N) is 3. The van der Waals surface area contributed by atoms with Gasteiger partial charge in [-0.2, -0.15) is 0 Å². The first-order valence-electron chi connectivity index (χ1n) is 9.90. The second-order valence-corrected chi connectivity index (χ2v) is 7.65. The fourth-order valence-corrected chi connectivity index (χ4v) is 2.37. The smallest absolute Gasteiger partial charge is 0.408 e. The second-order valence-electron chi connectivity index (χ2n) is 7.65. The van der Waals surface area contributed by atoms with Crippen LogP contribution in [0.2, 0.25) is 0 Å². The topological polar surface area (TPSA) is 106 Å². The molecule has 0 fully saturated rings. The van der Waals surface area contributed by atoms with Crippen molar-refractivity contribution >= 4 is 18.1 Å². The lowest BCUT2D eigenvalue weighted by atomic mass is 10.1. The first-order valence-corrected chi connectivity index (χ1v) is 9.90. The monoisotopic (exact) mass is 407 g/mol. The normalized spacial score (nSPS) is 11.9. The van der Waals surface area contributed by atoms with Crippen LogP contribution in [0, 0.1) is 0 Å². The van der Waals surface area contributed by atoms with Gasteiger partial charge in [-0.3, -0.25) is 4.79 Å². The van der Waals surface area contributed by atoms with Gasteiger partial charge in [-0.25, -0.2) is 9.59 Å². The van der Waals surface area contributed by atoms with Crippen LogP contribution < -0.4 is 16.0 Å². The minimum Gasteiger partial charge on any atom is -0.444 e. The molecule has 0 aromatic heterocycles. The zero-order valence-electron chi connectivity index (χ0n) is 17.7. The van der Waals surface area contributed by atoms with E-state index in [4.69, 9.17) is 9.47 Å². The maximum Gasteiger partial charge on any atom is 0.408 e. The summed E-state index contributed by atoms with van der Waals surface area (Å²) in [6.07, 6.45) is 1.03. The Balaban J connectivity index is 2.02. The number of unbranched alkanes of at least 4 members (excludes halogenated alkanes) is 2. The molecule has 3 amide bonds. The first-order chi connectivity index (χ1) is 13.7. The fraction of sp³-hybridized carbons (Fsp3) is 0.571. The Morgan fingerprint density at radius 2 is 1.52 bits per heavy atom. The van der Waals surface area contributed by atoms with Crippen LogP contribution in [-0.2, 0) is 14.3 Å². The number of ether oxygens (including phenoxy) is 2. The molecule has 0 unspecified atom stereocenters. The molecule has 0 saturated carbocycles. The molecule has 0 aliphatic rings. The highest BCUT2D eigenvalue weighted by Crippen LogP contribution is 2.15. The van der Waals surface area contributed by atoms with Crippen LogP contribution in [-0.4, -0.2) is 43.3 Å². The highest BCUT2D eigenvalue weighted by atomic mass is 16.6. The van der Waals surface area contributed by atoms with Gasteiger partial charge in [0.05, 0.1) is 6.54 Å². The molecule has 0 aliphatic carbocycles. The van der Waals surface area contributed by atoms with Crippen molar-refractivity contribution in [2.45, 2.75) is 58.7 Å². The fourth-order valence-electron chi connectivity index (χ4n) is 2.37. The van der Waals surface area contributed by atoms with E-state index in [0.29, 0.717) is 13.1 Å². The van der Waals surface area contributed by atoms with Gasteiger partial charge in [-0.1, -0.05) is 30.3 Å². The number of hydrogen-bond donors (Lipinski definition) is 3. The van der Waals surface area contributed by atoms with Crippen LogP contribution in [0.5, 0.6) is 0 Å². The Hall–Kier alpha value is -2.77. The van der Waals surface area contributed by atoms with Crippen molar-refractivity contribution in [3.63, 3.8) is 0 Å². The van der Waals surface area contributed by atoms with E-state index in [2.05, 4.69) is 16.0 Å². The summed E-state index contributed by atoms with van der Waals surface area (Å²) in [6, 6.07) is 9.54. The van der Waals surface area contributed by atoms with E-state index in [1.165, 1.54) is 0 Å². The molecule has 1 atom stereocenters. The number of carbonyl (C=O) groups excluding carboxylic acids is 3. The van der Waals surface area contributed by atoms with Gasteiger partial charge in [0.15, 0.2) is 0 Å². The van der Waals surface area contributed by atoms with E-state index in [-0.39, 0.29) is 18.6 Å². The number of carbonyl (C=O) groups is 3. The van der Waals surface area contributed by atoms with Crippen LogP contribution >= 0.6 is 0 Å². The number of rotatable bonds is 10. The molecular weight excluding hydrogens is 374 g/mol. The van der Waals surface area contributed by atoms with Gasteiger partial charge in [-0.05, 0) is 52.5 Å². The summed E-state index contributed by atoms with van der Waals surface area (Å²) in [5, 5.41) is 7.85. The van der Waals surface area contributed by atoms with Crippen LogP contribution in [0.15, 0.2) is 30.3 Å². The quantitative estimate of drug-likeness (QED) is 0.516. The molecular formula is C21H33N3O5. The summed E-state index contributed by atoms with van der Waals surface area (Å²) in [5.41, 5.74) is 0.347. The Kier molecular flexibility index (Phi) is 10.6. The third kappa shape index (κ3) is 12.3. The summed E-state index contributed by atoms with van der Waals surface area (Å²) in [6.45, 7) is 7.98. The highest BCUT2D eigenvalue weighted by molar-refractivity contribution is 5.82. The maximum atomic E-state index is 11.8. The van der Waals surface area contributed by atoms with Crippen molar-refractivity contribution < 1.29 is 23.9 Å². The molecule has 8 heteroatoms. The number of benzene rings is 1. The molecule has 0 bridgehead atoms. The maximum absolute atomic E-state index is 11.8. The lowest BCUT2D eigenvalue weighted by Gasteiger charge is -2.19. The molecule has 162 valence electrons. The van der Waals surface area contributed by atoms with Gasteiger partial charge in [0.1, 0.15) is 11.7 Å². The molecule has 0 aliphatic heterocycles. The number of alkyl carbamates (subject to hydrolysis) is 2. The molecule has 3 N–H and O–H groups in total. The summed E-state index contributed by atoms with van der Waals surface area (Å²) in [4.78, 5) is 34.9. The Labute approximate surface area is 172 Å². The number of hydrogen-bond acceptors (Lipinski definition) is 5. The average Bonchev–Trinajstić information content (AvgIpc) is 2.65. The van der Waals surface area contributed by atoms with Crippen molar-refractivity contribution in [2.24, 2.45) is 0 Å². The van der Waals surface area contributed by atoms with Crippen molar-refractivity contribution in [3.05, 3.63) is 35.9 Å². The summed E-state index contributed by atoms with van der Waals surface area (Å²) in [7, 11) is 0. The molecule has 0 saturated heterocycles. The predicted octanol–water partition coefficient (Wildman–Crippen LogP) is 3.29. The van der Waals surface area contributed by atoms with E-state index in [1.807, 2.05) is 37.3 Å². The molecule has 1 rings (SSSR count). The SMILES string of the molecule is C[C@H](OC(=O)NCCCCCNC(=O)CNC(=O)OC(C)(C)C)c1ccccc1. The van der Waals surface area contributed by atoms with Crippen molar-refractivity contribution in [1.82, 2.24) is 16.0 Å². The van der Waals surface area contributed by atoms with Gasteiger partial charge in [0.2, 0.25) is 5.91 Å². The lowest BCUT2D eigenvalue weighted by molar-refractivity contribution is -0.120. The molecule has 8 nitrogen and oxygen atoms in total. The Bertz CT molecular complexity index is 643. The van der Waals surface area contributed by atoms with Gasteiger partial charge in [0.25, 0.3) is 0 Å². The van der Waals surface area contributed by atoms with Crippen LogP contribution in [0.1, 0.15) is 58.6 Å².